The molecular weight excluding hydrogens is 1030 g/mol. The van der Waals surface area contributed by atoms with Gasteiger partial charge in [0.15, 0.2) is 0 Å². The van der Waals surface area contributed by atoms with Gasteiger partial charge >= 0.3 is 23.9 Å². The lowest BCUT2D eigenvalue weighted by Crippen LogP contribution is -2.40. The van der Waals surface area contributed by atoms with Gasteiger partial charge in [0.05, 0.1) is 65.3 Å². The minimum absolute atomic E-state index is 0.0253. The lowest BCUT2D eigenvalue weighted by atomic mass is 10.1. The average Bonchev–Trinajstić information content (AvgIpc) is 3.47. The number of aliphatic hydroxyl groups excluding tert-OH is 2. The summed E-state index contributed by atoms with van der Waals surface area (Å²) in [5, 5.41) is 20.2. The Morgan fingerprint density at radius 1 is 0.232 bits per heavy atom. The molecule has 14 nitrogen and oxygen atoms in total. The summed E-state index contributed by atoms with van der Waals surface area (Å²) in [7, 11) is 0. The number of nitrogens with zero attached hydrogens (tertiary/aromatic N) is 4. The predicted octanol–water partition coefficient (Wildman–Crippen LogP) is 14.8. The van der Waals surface area contributed by atoms with Crippen LogP contribution in [-0.2, 0) is 38.1 Å². The molecule has 0 heterocycles. The molecule has 0 atom stereocenters. The minimum atomic E-state index is -0.198. The molecule has 0 saturated carbocycles. The van der Waals surface area contributed by atoms with Crippen molar-refractivity contribution in [2.24, 2.45) is 0 Å². The van der Waals surface area contributed by atoms with Gasteiger partial charge in [-0.25, -0.2) is 0 Å². The molecule has 486 valence electrons. The van der Waals surface area contributed by atoms with E-state index >= 15 is 0 Å². The van der Waals surface area contributed by atoms with Crippen LogP contribution in [0, 0.1) is 0 Å². The van der Waals surface area contributed by atoms with E-state index in [0.717, 1.165) is 77.3 Å². The third-order valence-corrected chi connectivity index (χ3v) is 16.0. The first-order valence-corrected chi connectivity index (χ1v) is 35.0. The van der Waals surface area contributed by atoms with Crippen LogP contribution in [0.25, 0.3) is 0 Å². The predicted molar refractivity (Wildman–Crippen MR) is 340 cm³/mol. The number of hydrogen-bond donors (Lipinski definition) is 2. The smallest absolute Gasteiger partial charge is 0.307 e. The van der Waals surface area contributed by atoms with Crippen molar-refractivity contribution < 1.29 is 48.3 Å². The second-order valence-electron chi connectivity index (χ2n) is 23.7. The zero-order chi connectivity index (χ0) is 59.9. The summed E-state index contributed by atoms with van der Waals surface area (Å²) in [4.78, 5) is 60.4. The van der Waals surface area contributed by atoms with E-state index in [0.29, 0.717) is 91.9 Å². The highest BCUT2D eigenvalue weighted by Gasteiger charge is 2.17. The number of carbonyl (C=O) groups is 4. The van der Waals surface area contributed by atoms with Crippen LogP contribution in [-0.4, -0.2) is 172 Å². The maximum atomic E-state index is 12.9. The Morgan fingerprint density at radius 2 is 0.415 bits per heavy atom. The fourth-order valence-corrected chi connectivity index (χ4v) is 10.6. The van der Waals surface area contributed by atoms with Gasteiger partial charge in [-0.1, -0.05) is 233 Å². The van der Waals surface area contributed by atoms with Crippen LogP contribution in [0.2, 0.25) is 0 Å². The molecule has 82 heavy (non-hydrogen) atoms. The van der Waals surface area contributed by atoms with Crippen LogP contribution in [0.5, 0.6) is 0 Å². The molecule has 0 amide bonds. The van der Waals surface area contributed by atoms with Crippen LogP contribution in [0.15, 0.2) is 0 Å². The van der Waals surface area contributed by atoms with Gasteiger partial charge in [0.2, 0.25) is 0 Å². The lowest BCUT2D eigenvalue weighted by Gasteiger charge is -2.29. The normalized spacial score (nSPS) is 11.7. The van der Waals surface area contributed by atoms with Crippen molar-refractivity contribution in [1.29, 1.82) is 0 Å². The Kier molecular flexibility index (Phi) is 62.8. The molecule has 14 heteroatoms. The molecule has 0 radical (unpaired) electrons. The monoisotopic (exact) mass is 1170 g/mol. The molecule has 0 bridgehead atoms. The van der Waals surface area contributed by atoms with E-state index in [-0.39, 0.29) is 62.8 Å². The molecule has 0 aliphatic heterocycles. The van der Waals surface area contributed by atoms with Gasteiger partial charge in [-0.3, -0.25) is 29.0 Å². The van der Waals surface area contributed by atoms with Crippen molar-refractivity contribution >= 4 is 23.9 Å². The molecule has 0 aromatic carbocycles. The van der Waals surface area contributed by atoms with Crippen LogP contribution < -0.4 is 0 Å². The number of aliphatic hydroxyl groups is 2. The number of esters is 4. The molecule has 0 aliphatic carbocycles. The van der Waals surface area contributed by atoms with E-state index < -0.39 is 0 Å². The number of rotatable bonds is 67. The standard InChI is InChI=1S/C68H134N4O10/c1-5-9-13-17-21-25-29-33-37-61-79-65(75)43-51-69(52-44-66(76)80-62-38-34-30-26-22-18-14-10-6-2)47-41-49-71(57-59-73)55-56-72(58-60-74)50-42-48-70(53-45-67(77)81-63-39-35-31-27-23-19-15-11-7-3)54-46-68(78)82-64-40-36-32-28-24-20-16-12-8-4/h73-74H,5-64H2,1-4H3. The third kappa shape index (κ3) is 58.0. The van der Waals surface area contributed by atoms with Crippen LogP contribution in [0.1, 0.15) is 297 Å². The molecule has 0 aliphatic rings. The first-order chi connectivity index (χ1) is 40.2. The Labute approximate surface area is 505 Å². The lowest BCUT2D eigenvalue weighted by molar-refractivity contribution is -0.146. The number of hydrogen-bond acceptors (Lipinski definition) is 14. The molecular formula is C68H134N4O10. The van der Waals surface area contributed by atoms with E-state index in [2.05, 4.69) is 47.3 Å². The first kappa shape index (κ1) is 79.6. The molecule has 0 fully saturated rings. The van der Waals surface area contributed by atoms with E-state index in [1.165, 1.54) is 180 Å². The van der Waals surface area contributed by atoms with Crippen LogP contribution in [0.3, 0.4) is 0 Å². The van der Waals surface area contributed by atoms with E-state index in [9.17, 15) is 29.4 Å². The molecule has 0 spiro atoms. The van der Waals surface area contributed by atoms with Gasteiger partial charge in [0.1, 0.15) is 0 Å². The Balaban J connectivity index is 5.33. The van der Waals surface area contributed by atoms with Gasteiger partial charge < -0.3 is 39.0 Å². The summed E-state index contributed by atoms with van der Waals surface area (Å²) < 4.78 is 22.6. The summed E-state index contributed by atoms with van der Waals surface area (Å²) >= 11 is 0. The Hall–Kier alpha value is -2.36. The van der Waals surface area contributed by atoms with E-state index in [1.807, 2.05) is 0 Å². The van der Waals surface area contributed by atoms with Crippen LogP contribution >= 0.6 is 0 Å². The molecule has 0 rings (SSSR count). The van der Waals surface area contributed by atoms with Crippen LogP contribution in [0.4, 0.5) is 0 Å². The molecule has 0 aromatic rings. The van der Waals surface area contributed by atoms with Crippen molar-refractivity contribution in [2.75, 3.05) is 118 Å². The summed E-state index contributed by atoms with van der Waals surface area (Å²) in [5.41, 5.74) is 0. The fraction of sp³-hybridized carbons (Fsp3) is 0.941. The van der Waals surface area contributed by atoms with Crippen molar-refractivity contribution in [2.45, 2.75) is 297 Å². The molecule has 0 saturated heterocycles. The van der Waals surface area contributed by atoms with Gasteiger partial charge in [-0.2, -0.15) is 0 Å². The molecule has 2 N–H and O–H groups in total. The average molecular weight is 1170 g/mol. The molecule has 0 unspecified atom stereocenters. The summed E-state index contributed by atoms with van der Waals surface area (Å²) in [5.74, 6) is -0.794. The maximum absolute atomic E-state index is 12.9. The van der Waals surface area contributed by atoms with Gasteiger partial charge in [0.25, 0.3) is 0 Å². The van der Waals surface area contributed by atoms with E-state index in [1.54, 1.807) is 0 Å². The van der Waals surface area contributed by atoms with Gasteiger partial charge in [-0.05, 0) is 64.7 Å². The highest BCUT2D eigenvalue weighted by molar-refractivity contribution is 5.71. The first-order valence-electron chi connectivity index (χ1n) is 35.0. The second kappa shape index (κ2) is 64.6. The van der Waals surface area contributed by atoms with E-state index in [4.69, 9.17) is 18.9 Å². The topological polar surface area (TPSA) is 159 Å². The number of carbonyl (C=O) groups excluding carboxylic acids is 4. The Morgan fingerprint density at radius 3 is 0.610 bits per heavy atom. The summed E-state index contributed by atoms with van der Waals surface area (Å²) in [6, 6.07) is 0. The van der Waals surface area contributed by atoms with Crippen molar-refractivity contribution in [1.82, 2.24) is 19.6 Å². The highest BCUT2D eigenvalue weighted by atomic mass is 16.5. The van der Waals surface area contributed by atoms with Gasteiger partial charge in [0, 0.05) is 52.4 Å². The second-order valence-corrected chi connectivity index (χ2v) is 23.7. The van der Waals surface area contributed by atoms with Gasteiger partial charge in [-0.15, -0.1) is 0 Å². The fourth-order valence-electron chi connectivity index (χ4n) is 10.6. The summed E-state index contributed by atoms with van der Waals surface area (Å²) in [6.07, 6.45) is 46.2. The molecule has 0 aromatic heterocycles. The van der Waals surface area contributed by atoms with Crippen molar-refractivity contribution in [3.63, 3.8) is 0 Å². The SMILES string of the molecule is CCCCCCCCCCCOC(=O)CCN(CCCN(CCO)CCN(CCO)CCCN(CCC(=O)OCCCCCCCCCCC)CCC(=O)OCCCCCCCCCCC)CCC(=O)OCCCCCCCCCCC. The number of unbranched alkanes of at least 4 members (excludes halogenated alkanes) is 32. The quantitative estimate of drug-likeness (QED) is 0.0337. The zero-order valence-electron chi connectivity index (χ0n) is 54.4. The maximum Gasteiger partial charge on any atom is 0.307 e. The Bertz CT molecular complexity index is 1200. The number of ether oxygens (including phenoxy) is 4. The van der Waals surface area contributed by atoms with Crippen molar-refractivity contribution in [3.8, 4) is 0 Å². The largest absolute Gasteiger partial charge is 0.466 e. The van der Waals surface area contributed by atoms with Crippen molar-refractivity contribution in [3.05, 3.63) is 0 Å². The highest BCUT2D eigenvalue weighted by Crippen LogP contribution is 2.14. The third-order valence-electron chi connectivity index (χ3n) is 16.0. The zero-order valence-corrected chi connectivity index (χ0v) is 54.4. The summed E-state index contributed by atoms with van der Waals surface area (Å²) in [6.45, 7) is 18.1. The minimum Gasteiger partial charge on any atom is -0.466 e.